The van der Waals surface area contributed by atoms with Gasteiger partial charge in [0.25, 0.3) is 11.5 Å². The van der Waals surface area contributed by atoms with E-state index in [1.54, 1.807) is 28.8 Å². The summed E-state index contributed by atoms with van der Waals surface area (Å²) < 4.78 is 4.33. The zero-order valence-corrected chi connectivity index (χ0v) is 21.3. The third kappa shape index (κ3) is 4.57. The van der Waals surface area contributed by atoms with Gasteiger partial charge in [-0.25, -0.2) is 13.9 Å². The van der Waals surface area contributed by atoms with Crippen LogP contribution in [0.3, 0.4) is 0 Å². The number of aromatic nitrogens is 4. The lowest BCUT2D eigenvalue weighted by atomic mass is 10.1. The molecule has 188 valence electrons. The average molecular weight is 508 g/mol. The average Bonchev–Trinajstić information content (AvgIpc) is 3.48. The molecule has 0 radical (unpaired) electrons. The molecule has 1 fully saturated rings. The first-order valence-electron chi connectivity index (χ1n) is 12.5. The molecule has 0 atom stereocenters. The smallest absolute Gasteiger partial charge is 0.349 e. The Morgan fingerprint density at radius 3 is 2.61 bits per heavy atom. The number of carbonyl (C=O) groups is 1. The molecule has 36 heavy (non-hydrogen) atoms. The Morgan fingerprint density at radius 2 is 1.89 bits per heavy atom. The fraction of sp³-hybridized carbons (Fsp3) is 0.407. The highest BCUT2D eigenvalue weighted by atomic mass is 35.5. The van der Waals surface area contributed by atoms with Crippen LogP contribution in [0, 0.1) is 5.92 Å². The highest BCUT2D eigenvalue weighted by Crippen LogP contribution is 2.20. The Kier molecular flexibility index (Phi) is 6.71. The zero-order chi connectivity index (χ0) is 25.4. The van der Waals surface area contributed by atoms with Crippen molar-refractivity contribution < 1.29 is 4.79 Å². The van der Waals surface area contributed by atoms with Gasteiger partial charge in [-0.3, -0.25) is 14.2 Å². The van der Waals surface area contributed by atoms with Crippen LogP contribution in [0.5, 0.6) is 0 Å². The summed E-state index contributed by atoms with van der Waals surface area (Å²) in [6, 6.07) is 12.4. The van der Waals surface area contributed by atoms with E-state index in [1.807, 2.05) is 18.2 Å². The minimum Gasteiger partial charge on any atom is -0.349 e. The van der Waals surface area contributed by atoms with Crippen molar-refractivity contribution >= 4 is 34.2 Å². The number of nitrogens with zero attached hydrogens (tertiary/aromatic N) is 4. The summed E-state index contributed by atoms with van der Waals surface area (Å²) in [5.41, 5.74) is 0.935. The summed E-state index contributed by atoms with van der Waals surface area (Å²) in [5, 5.41) is 8.56. The summed E-state index contributed by atoms with van der Waals surface area (Å²) >= 11 is 6.34. The number of amides is 1. The standard InChI is InChI=1S/C27H30ClN5O3/c1-17(2)13-14-31-25(35)21-12-11-18(24(34)29-20-8-4-5-9-20)15-23(21)33-26(31)30-32(27(33)36)16-19-7-3-6-10-22(19)28/h3,6-7,10-12,15,17,20H,4-5,8-9,13-14,16H2,1-2H3,(H,29,34). The second-order valence-corrected chi connectivity index (χ2v) is 10.4. The molecule has 2 heterocycles. The summed E-state index contributed by atoms with van der Waals surface area (Å²) in [6.45, 7) is 4.77. The van der Waals surface area contributed by atoms with E-state index >= 15 is 0 Å². The van der Waals surface area contributed by atoms with Crippen molar-refractivity contribution in [2.75, 3.05) is 0 Å². The molecule has 0 aliphatic heterocycles. The maximum Gasteiger partial charge on any atom is 0.352 e. The number of nitrogens with one attached hydrogen (secondary N) is 1. The van der Waals surface area contributed by atoms with Crippen molar-refractivity contribution in [1.29, 1.82) is 0 Å². The first kappa shape index (κ1) is 24.3. The molecule has 1 N–H and O–H groups in total. The Bertz CT molecular complexity index is 1560. The normalized spacial score (nSPS) is 14.3. The van der Waals surface area contributed by atoms with Gasteiger partial charge in [-0.05, 0) is 55.0 Å². The highest BCUT2D eigenvalue weighted by Gasteiger charge is 2.21. The van der Waals surface area contributed by atoms with Crippen molar-refractivity contribution in [2.24, 2.45) is 5.92 Å². The molecule has 8 nitrogen and oxygen atoms in total. The van der Waals surface area contributed by atoms with Crippen LogP contribution in [0.4, 0.5) is 0 Å². The van der Waals surface area contributed by atoms with Crippen molar-refractivity contribution in [1.82, 2.24) is 24.1 Å². The lowest BCUT2D eigenvalue weighted by Gasteiger charge is -2.14. The van der Waals surface area contributed by atoms with E-state index in [9.17, 15) is 14.4 Å². The third-order valence-corrected chi connectivity index (χ3v) is 7.31. The Hall–Kier alpha value is -3.39. The SMILES string of the molecule is CC(C)CCn1c(=O)c2ccc(C(=O)NC3CCCC3)cc2n2c(=O)n(Cc3ccccc3Cl)nc12. The monoisotopic (exact) mass is 507 g/mol. The number of carbonyl (C=O) groups excluding carboxylic acids is 1. The molecule has 1 aliphatic rings. The largest absolute Gasteiger partial charge is 0.352 e. The van der Waals surface area contributed by atoms with E-state index < -0.39 is 0 Å². The molecule has 1 saturated carbocycles. The number of halogens is 1. The van der Waals surface area contributed by atoms with Crippen molar-refractivity contribution in [3.05, 3.63) is 79.5 Å². The lowest BCUT2D eigenvalue weighted by molar-refractivity contribution is 0.0938. The number of aryl methyl sites for hydroxylation is 1. The number of hydrogen-bond acceptors (Lipinski definition) is 4. The maximum absolute atomic E-state index is 13.6. The van der Waals surface area contributed by atoms with E-state index in [0.29, 0.717) is 34.0 Å². The highest BCUT2D eigenvalue weighted by molar-refractivity contribution is 6.31. The summed E-state index contributed by atoms with van der Waals surface area (Å²) in [5.74, 6) is 0.433. The zero-order valence-electron chi connectivity index (χ0n) is 20.5. The Morgan fingerprint density at radius 1 is 1.14 bits per heavy atom. The van der Waals surface area contributed by atoms with E-state index in [-0.39, 0.29) is 35.5 Å². The predicted octanol–water partition coefficient (Wildman–Crippen LogP) is 4.23. The van der Waals surface area contributed by atoms with Gasteiger partial charge in [0, 0.05) is 23.2 Å². The quantitative estimate of drug-likeness (QED) is 0.405. The van der Waals surface area contributed by atoms with Crippen molar-refractivity contribution in [2.45, 2.75) is 65.1 Å². The van der Waals surface area contributed by atoms with Gasteiger partial charge < -0.3 is 5.32 Å². The first-order chi connectivity index (χ1) is 17.3. The van der Waals surface area contributed by atoms with Gasteiger partial charge >= 0.3 is 5.69 Å². The van der Waals surface area contributed by atoms with Crippen LogP contribution in [0.15, 0.2) is 52.1 Å². The number of rotatable bonds is 7. The van der Waals surface area contributed by atoms with Gasteiger partial charge in [0.05, 0.1) is 17.4 Å². The van der Waals surface area contributed by atoms with Gasteiger partial charge in [0.15, 0.2) is 0 Å². The second-order valence-electron chi connectivity index (χ2n) is 9.99. The molecule has 1 aliphatic carbocycles. The molecular formula is C27H30ClN5O3. The molecular weight excluding hydrogens is 478 g/mol. The first-order valence-corrected chi connectivity index (χ1v) is 12.9. The van der Waals surface area contributed by atoms with Crippen LogP contribution in [-0.4, -0.2) is 30.7 Å². The third-order valence-electron chi connectivity index (χ3n) is 6.94. The van der Waals surface area contributed by atoms with E-state index in [4.69, 9.17) is 11.6 Å². The maximum atomic E-state index is 13.6. The van der Waals surface area contributed by atoms with Crippen LogP contribution >= 0.6 is 11.6 Å². The van der Waals surface area contributed by atoms with Crippen molar-refractivity contribution in [3.8, 4) is 0 Å². The van der Waals surface area contributed by atoms with Crippen molar-refractivity contribution in [3.63, 3.8) is 0 Å². The topological polar surface area (TPSA) is 90.4 Å². The molecule has 1 amide bonds. The molecule has 5 rings (SSSR count). The molecule has 0 spiro atoms. The molecule has 4 aromatic rings. The van der Waals surface area contributed by atoms with Gasteiger partial charge in [-0.1, -0.05) is 56.5 Å². The summed E-state index contributed by atoms with van der Waals surface area (Å²) in [7, 11) is 0. The fourth-order valence-corrected chi connectivity index (χ4v) is 5.07. The van der Waals surface area contributed by atoms with Gasteiger partial charge in [0.2, 0.25) is 5.78 Å². The minimum atomic E-state index is -0.387. The lowest BCUT2D eigenvalue weighted by Crippen LogP contribution is -2.33. The van der Waals surface area contributed by atoms with Crippen LogP contribution < -0.4 is 16.6 Å². The van der Waals surface area contributed by atoms with E-state index in [1.165, 1.54) is 9.08 Å². The van der Waals surface area contributed by atoms with Gasteiger partial charge in [-0.15, -0.1) is 5.10 Å². The number of hydrogen-bond donors (Lipinski definition) is 1. The number of fused-ring (bicyclic) bond motifs is 3. The van der Waals surface area contributed by atoms with Crippen LogP contribution in [-0.2, 0) is 13.1 Å². The molecule has 0 bridgehead atoms. The Balaban J connectivity index is 1.67. The van der Waals surface area contributed by atoms with E-state index in [2.05, 4.69) is 24.3 Å². The molecule has 0 unspecified atom stereocenters. The number of benzene rings is 2. The fourth-order valence-electron chi connectivity index (χ4n) is 4.88. The second kappa shape index (κ2) is 9.93. The van der Waals surface area contributed by atoms with E-state index in [0.717, 1.165) is 37.7 Å². The predicted molar refractivity (Wildman–Crippen MR) is 141 cm³/mol. The molecule has 2 aromatic heterocycles. The Labute approximate surface area is 213 Å². The van der Waals surface area contributed by atoms with Crippen LogP contribution in [0.2, 0.25) is 5.02 Å². The molecule has 2 aromatic carbocycles. The van der Waals surface area contributed by atoms with Crippen LogP contribution in [0.25, 0.3) is 16.7 Å². The van der Waals surface area contributed by atoms with Crippen LogP contribution in [0.1, 0.15) is 61.9 Å². The summed E-state index contributed by atoms with van der Waals surface area (Å²) in [6.07, 6.45) is 4.92. The molecule has 9 heteroatoms. The minimum absolute atomic E-state index is 0.165. The van der Waals surface area contributed by atoms with Gasteiger partial charge in [0.1, 0.15) is 0 Å². The molecule has 0 saturated heterocycles. The summed E-state index contributed by atoms with van der Waals surface area (Å²) in [4.78, 5) is 40.1. The van der Waals surface area contributed by atoms with Gasteiger partial charge in [-0.2, -0.15) is 0 Å².